The lowest BCUT2D eigenvalue weighted by Gasteiger charge is -2.12. The molecule has 0 bridgehead atoms. The van der Waals surface area contributed by atoms with Crippen LogP contribution in [0.25, 0.3) is 0 Å². The van der Waals surface area contributed by atoms with Gasteiger partial charge in [-0.1, -0.05) is 41.9 Å². The molecule has 1 atom stereocenters. The fraction of sp³-hybridized carbons (Fsp3) is 0.333. The number of nitrogens with one attached hydrogen (secondary N) is 1. The van der Waals surface area contributed by atoms with Crippen molar-refractivity contribution in [3.63, 3.8) is 0 Å². The van der Waals surface area contributed by atoms with E-state index in [-0.39, 0.29) is 0 Å². The van der Waals surface area contributed by atoms with E-state index in [1.165, 1.54) is 28.8 Å². The average Bonchev–Trinajstić information content (AvgIpc) is 2.91. The smallest absolute Gasteiger partial charge is 0.0934 e. The minimum absolute atomic E-state index is 0.507. The Labute approximate surface area is 117 Å². The number of hydrogen-bond acceptors (Lipinski definition) is 2. The number of rotatable bonds is 4. The van der Waals surface area contributed by atoms with Crippen molar-refractivity contribution in [2.24, 2.45) is 0 Å². The summed E-state index contributed by atoms with van der Waals surface area (Å²) in [4.78, 5) is 1.47. The van der Waals surface area contributed by atoms with Crippen molar-refractivity contribution in [2.45, 2.75) is 25.3 Å². The van der Waals surface area contributed by atoms with Gasteiger partial charge in [0, 0.05) is 10.9 Å². The standard InChI is InChI=1S/C15H16ClNS/c16-15-10-12-13(6-7-14(12)18-15)17-9-8-11-4-2-1-3-5-11/h1-5,10,13,17H,6-9H2. The highest BCUT2D eigenvalue weighted by atomic mass is 35.5. The Bertz CT molecular complexity index is 521. The first-order valence-electron chi connectivity index (χ1n) is 6.38. The van der Waals surface area contributed by atoms with Crippen molar-refractivity contribution in [3.8, 4) is 0 Å². The third kappa shape index (κ3) is 2.61. The zero-order valence-electron chi connectivity index (χ0n) is 10.2. The topological polar surface area (TPSA) is 12.0 Å². The van der Waals surface area contributed by atoms with Crippen molar-refractivity contribution >= 4 is 22.9 Å². The van der Waals surface area contributed by atoms with Crippen LogP contribution in [-0.4, -0.2) is 6.54 Å². The first-order valence-corrected chi connectivity index (χ1v) is 7.58. The van der Waals surface area contributed by atoms with E-state index in [1.54, 1.807) is 11.3 Å². The van der Waals surface area contributed by atoms with Crippen LogP contribution in [0.5, 0.6) is 0 Å². The van der Waals surface area contributed by atoms with Gasteiger partial charge >= 0.3 is 0 Å². The third-order valence-electron chi connectivity index (χ3n) is 3.49. The Kier molecular flexibility index (Phi) is 3.69. The molecule has 1 aliphatic carbocycles. The monoisotopic (exact) mass is 277 g/mol. The van der Waals surface area contributed by atoms with Gasteiger partial charge in [0.25, 0.3) is 0 Å². The average molecular weight is 278 g/mol. The largest absolute Gasteiger partial charge is 0.310 e. The van der Waals surface area contributed by atoms with Gasteiger partial charge in [0.2, 0.25) is 0 Å². The Hall–Kier alpha value is -0.830. The predicted molar refractivity (Wildman–Crippen MR) is 78.5 cm³/mol. The second kappa shape index (κ2) is 5.43. The van der Waals surface area contributed by atoms with E-state index in [0.29, 0.717) is 6.04 Å². The second-order valence-corrected chi connectivity index (χ2v) is 6.48. The van der Waals surface area contributed by atoms with Gasteiger partial charge in [0.05, 0.1) is 4.34 Å². The molecule has 0 aliphatic heterocycles. The normalized spacial score (nSPS) is 17.9. The molecular weight excluding hydrogens is 262 g/mol. The van der Waals surface area contributed by atoms with Gasteiger partial charge in [-0.25, -0.2) is 0 Å². The first kappa shape index (κ1) is 12.2. The number of aryl methyl sites for hydroxylation is 1. The molecule has 2 aromatic rings. The Morgan fingerprint density at radius 2 is 2.11 bits per heavy atom. The second-order valence-electron chi connectivity index (χ2n) is 4.71. The summed E-state index contributed by atoms with van der Waals surface area (Å²) in [6.45, 7) is 1.03. The molecule has 0 radical (unpaired) electrons. The van der Waals surface area contributed by atoms with Crippen LogP contribution in [0.4, 0.5) is 0 Å². The van der Waals surface area contributed by atoms with E-state index in [2.05, 4.69) is 41.7 Å². The zero-order valence-corrected chi connectivity index (χ0v) is 11.7. The molecule has 1 aromatic carbocycles. The van der Waals surface area contributed by atoms with Gasteiger partial charge in [-0.2, -0.15) is 0 Å². The zero-order chi connectivity index (χ0) is 12.4. The van der Waals surface area contributed by atoms with Crippen molar-refractivity contribution < 1.29 is 0 Å². The number of thiophene rings is 1. The molecule has 1 aliphatic rings. The Morgan fingerprint density at radius 1 is 1.28 bits per heavy atom. The molecule has 1 heterocycles. The van der Waals surface area contributed by atoms with Crippen molar-refractivity contribution in [1.29, 1.82) is 0 Å². The predicted octanol–water partition coefficient (Wildman–Crippen LogP) is 4.22. The van der Waals surface area contributed by atoms with E-state index in [0.717, 1.165) is 17.3 Å². The molecule has 3 heteroatoms. The fourth-order valence-corrected chi connectivity index (χ4v) is 3.93. The quantitative estimate of drug-likeness (QED) is 0.882. The van der Waals surface area contributed by atoms with Gasteiger partial charge in [-0.05, 0) is 43.0 Å². The van der Waals surface area contributed by atoms with Crippen LogP contribution < -0.4 is 5.32 Å². The van der Waals surface area contributed by atoms with Crippen molar-refractivity contribution in [1.82, 2.24) is 5.32 Å². The molecule has 0 saturated heterocycles. The lowest BCUT2D eigenvalue weighted by atomic mass is 10.1. The Balaban J connectivity index is 1.56. The SMILES string of the molecule is Clc1cc2c(s1)CCC2NCCc1ccccc1. The summed E-state index contributed by atoms with van der Waals surface area (Å²) in [6, 6.07) is 13.3. The van der Waals surface area contributed by atoms with Crippen LogP contribution in [0.1, 0.15) is 28.5 Å². The molecule has 94 valence electrons. The number of benzene rings is 1. The summed E-state index contributed by atoms with van der Waals surface area (Å²) >= 11 is 7.80. The lowest BCUT2D eigenvalue weighted by Crippen LogP contribution is -2.21. The molecule has 1 aromatic heterocycles. The fourth-order valence-electron chi connectivity index (χ4n) is 2.58. The van der Waals surface area contributed by atoms with Crippen LogP contribution >= 0.6 is 22.9 Å². The molecule has 0 amide bonds. The lowest BCUT2D eigenvalue weighted by molar-refractivity contribution is 0.533. The number of fused-ring (bicyclic) bond motifs is 1. The molecule has 3 rings (SSSR count). The highest BCUT2D eigenvalue weighted by molar-refractivity contribution is 7.16. The third-order valence-corrected chi connectivity index (χ3v) is 4.83. The summed E-state index contributed by atoms with van der Waals surface area (Å²) in [7, 11) is 0. The van der Waals surface area contributed by atoms with Gasteiger partial charge < -0.3 is 5.32 Å². The van der Waals surface area contributed by atoms with E-state index in [4.69, 9.17) is 11.6 Å². The first-order chi connectivity index (χ1) is 8.83. The van der Waals surface area contributed by atoms with E-state index in [9.17, 15) is 0 Å². The maximum atomic E-state index is 6.06. The van der Waals surface area contributed by atoms with E-state index >= 15 is 0 Å². The minimum atomic E-state index is 0.507. The highest BCUT2D eigenvalue weighted by Gasteiger charge is 2.24. The Morgan fingerprint density at radius 3 is 2.94 bits per heavy atom. The summed E-state index contributed by atoms with van der Waals surface area (Å²) < 4.78 is 0.926. The van der Waals surface area contributed by atoms with Crippen LogP contribution in [0, 0.1) is 0 Å². The maximum absolute atomic E-state index is 6.06. The van der Waals surface area contributed by atoms with Crippen LogP contribution in [0.15, 0.2) is 36.4 Å². The van der Waals surface area contributed by atoms with E-state index < -0.39 is 0 Å². The van der Waals surface area contributed by atoms with Crippen LogP contribution in [0.3, 0.4) is 0 Å². The molecule has 1 N–H and O–H groups in total. The summed E-state index contributed by atoms with van der Waals surface area (Å²) in [5.74, 6) is 0. The van der Waals surface area contributed by atoms with Gasteiger partial charge in [-0.15, -0.1) is 11.3 Å². The van der Waals surface area contributed by atoms with Gasteiger partial charge in [0.1, 0.15) is 0 Å². The van der Waals surface area contributed by atoms with Crippen molar-refractivity contribution in [2.75, 3.05) is 6.54 Å². The molecule has 1 nitrogen and oxygen atoms in total. The summed E-state index contributed by atoms with van der Waals surface area (Å²) in [5, 5.41) is 3.65. The summed E-state index contributed by atoms with van der Waals surface area (Å²) in [6.07, 6.45) is 3.48. The number of hydrogen-bond donors (Lipinski definition) is 1. The highest BCUT2D eigenvalue weighted by Crippen LogP contribution is 2.39. The summed E-state index contributed by atoms with van der Waals surface area (Å²) in [5.41, 5.74) is 2.82. The molecule has 0 fully saturated rings. The van der Waals surface area contributed by atoms with Crippen LogP contribution in [0.2, 0.25) is 4.34 Å². The molecule has 18 heavy (non-hydrogen) atoms. The molecule has 1 unspecified atom stereocenters. The molecule has 0 saturated carbocycles. The number of halogens is 1. The minimum Gasteiger partial charge on any atom is -0.310 e. The maximum Gasteiger partial charge on any atom is 0.0934 e. The van der Waals surface area contributed by atoms with Gasteiger partial charge in [0.15, 0.2) is 0 Å². The van der Waals surface area contributed by atoms with Crippen molar-refractivity contribution in [3.05, 3.63) is 56.7 Å². The van der Waals surface area contributed by atoms with Gasteiger partial charge in [-0.3, -0.25) is 0 Å². The van der Waals surface area contributed by atoms with E-state index in [1.807, 2.05) is 0 Å². The molecular formula is C15H16ClNS. The molecule has 0 spiro atoms. The van der Waals surface area contributed by atoms with Crippen LogP contribution in [-0.2, 0) is 12.8 Å².